The Morgan fingerprint density at radius 2 is 1.77 bits per heavy atom. The van der Waals surface area contributed by atoms with E-state index < -0.39 is 0 Å². The molecule has 0 heterocycles. The Hall–Kier alpha value is -0.370. The lowest BCUT2D eigenvalue weighted by atomic mass is 9.93. The summed E-state index contributed by atoms with van der Waals surface area (Å²) < 4.78 is 0. The molecule has 2 N–H and O–H groups in total. The lowest BCUT2D eigenvalue weighted by Gasteiger charge is -2.15. The van der Waals surface area contributed by atoms with Crippen LogP contribution in [0.15, 0.2) is 0 Å². The van der Waals surface area contributed by atoms with Gasteiger partial charge in [-0.05, 0) is 25.2 Å². The highest BCUT2D eigenvalue weighted by molar-refractivity contribution is 5.81. The minimum atomic E-state index is -0.248. The molecule has 0 aliphatic rings. The third kappa shape index (κ3) is 6.76. The van der Waals surface area contributed by atoms with E-state index in [1.165, 1.54) is 12.8 Å². The highest BCUT2D eigenvalue weighted by Crippen LogP contribution is 2.16. The van der Waals surface area contributed by atoms with Crippen LogP contribution in [-0.4, -0.2) is 11.8 Å². The van der Waals surface area contributed by atoms with E-state index in [9.17, 15) is 4.79 Å². The Bertz CT molecular complexity index is 154. The minimum absolute atomic E-state index is 0.108. The standard InChI is InChI=1S/C11H23NO/c1-8(2)5-6-9(3)7-11(12)10(4)13/h8-9,11H,5-7,12H2,1-4H3. The molecule has 0 radical (unpaired) electrons. The van der Waals surface area contributed by atoms with Gasteiger partial charge in [0, 0.05) is 0 Å². The molecule has 0 aromatic heterocycles. The molecule has 2 nitrogen and oxygen atoms in total. The van der Waals surface area contributed by atoms with Crippen LogP contribution in [0.25, 0.3) is 0 Å². The van der Waals surface area contributed by atoms with E-state index in [4.69, 9.17) is 5.73 Å². The van der Waals surface area contributed by atoms with Crippen molar-refractivity contribution in [1.82, 2.24) is 0 Å². The Kier molecular flexibility index (Phi) is 5.97. The zero-order chi connectivity index (χ0) is 10.4. The highest BCUT2D eigenvalue weighted by Gasteiger charge is 2.12. The van der Waals surface area contributed by atoms with Gasteiger partial charge in [0.05, 0.1) is 6.04 Å². The molecule has 0 aliphatic carbocycles. The molecule has 0 amide bonds. The van der Waals surface area contributed by atoms with Crippen molar-refractivity contribution >= 4 is 5.78 Å². The van der Waals surface area contributed by atoms with Crippen LogP contribution < -0.4 is 5.73 Å². The van der Waals surface area contributed by atoms with Gasteiger partial charge < -0.3 is 5.73 Å². The Morgan fingerprint density at radius 1 is 1.23 bits per heavy atom. The molecular formula is C11H23NO. The van der Waals surface area contributed by atoms with E-state index in [0.717, 1.165) is 12.3 Å². The lowest BCUT2D eigenvalue weighted by molar-refractivity contribution is -0.118. The molecule has 0 aliphatic heterocycles. The second-order valence-electron chi connectivity index (χ2n) is 4.53. The fourth-order valence-corrected chi connectivity index (χ4v) is 1.34. The molecule has 13 heavy (non-hydrogen) atoms. The van der Waals surface area contributed by atoms with Gasteiger partial charge >= 0.3 is 0 Å². The normalized spacial score (nSPS) is 15.8. The van der Waals surface area contributed by atoms with Gasteiger partial charge in [-0.15, -0.1) is 0 Å². The third-order valence-corrected chi connectivity index (χ3v) is 2.42. The average Bonchev–Trinajstić information content (AvgIpc) is 2.00. The zero-order valence-electron chi connectivity index (χ0n) is 9.34. The number of rotatable bonds is 6. The van der Waals surface area contributed by atoms with Crippen LogP contribution in [0, 0.1) is 11.8 Å². The van der Waals surface area contributed by atoms with Crippen LogP contribution >= 0.6 is 0 Å². The number of carbonyl (C=O) groups excluding carboxylic acids is 1. The van der Waals surface area contributed by atoms with Gasteiger partial charge in [0.15, 0.2) is 0 Å². The number of ketones is 1. The molecule has 0 rings (SSSR count). The SMILES string of the molecule is CC(=O)C(N)CC(C)CCC(C)C. The highest BCUT2D eigenvalue weighted by atomic mass is 16.1. The number of hydrogen-bond acceptors (Lipinski definition) is 2. The molecule has 0 bridgehead atoms. The fourth-order valence-electron chi connectivity index (χ4n) is 1.34. The van der Waals surface area contributed by atoms with E-state index in [2.05, 4.69) is 20.8 Å². The number of nitrogens with two attached hydrogens (primary N) is 1. The molecule has 2 atom stereocenters. The lowest BCUT2D eigenvalue weighted by Crippen LogP contribution is -2.30. The summed E-state index contributed by atoms with van der Waals surface area (Å²) in [6.45, 7) is 8.18. The van der Waals surface area contributed by atoms with Crippen molar-refractivity contribution in [3.8, 4) is 0 Å². The monoisotopic (exact) mass is 185 g/mol. The van der Waals surface area contributed by atoms with Crippen molar-refractivity contribution in [3.63, 3.8) is 0 Å². The summed E-state index contributed by atoms with van der Waals surface area (Å²) in [4.78, 5) is 10.9. The second-order valence-corrected chi connectivity index (χ2v) is 4.53. The Labute approximate surface area is 81.9 Å². The molecule has 0 aromatic rings. The molecule has 2 unspecified atom stereocenters. The van der Waals surface area contributed by atoms with Gasteiger partial charge in [0.1, 0.15) is 5.78 Å². The quantitative estimate of drug-likeness (QED) is 0.690. The zero-order valence-corrected chi connectivity index (χ0v) is 9.34. The van der Waals surface area contributed by atoms with Crippen molar-refractivity contribution in [3.05, 3.63) is 0 Å². The fraction of sp³-hybridized carbons (Fsp3) is 0.909. The molecule has 0 saturated heterocycles. The maximum Gasteiger partial charge on any atom is 0.146 e. The maximum absolute atomic E-state index is 10.9. The summed E-state index contributed by atoms with van der Waals surface area (Å²) in [6.07, 6.45) is 3.24. The van der Waals surface area contributed by atoms with Crippen LogP contribution in [0.1, 0.15) is 47.0 Å². The summed E-state index contributed by atoms with van der Waals surface area (Å²) in [7, 11) is 0. The van der Waals surface area contributed by atoms with Crippen LogP contribution in [0.2, 0.25) is 0 Å². The average molecular weight is 185 g/mol. The van der Waals surface area contributed by atoms with Crippen LogP contribution in [0.3, 0.4) is 0 Å². The van der Waals surface area contributed by atoms with E-state index in [1.54, 1.807) is 6.92 Å². The van der Waals surface area contributed by atoms with Gasteiger partial charge in [-0.25, -0.2) is 0 Å². The molecule has 0 fully saturated rings. The second kappa shape index (κ2) is 6.14. The third-order valence-electron chi connectivity index (χ3n) is 2.42. The molecule has 0 saturated carbocycles. The number of hydrogen-bond donors (Lipinski definition) is 1. The number of carbonyl (C=O) groups is 1. The first kappa shape index (κ1) is 12.6. The summed E-state index contributed by atoms with van der Waals surface area (Å²) in [6, 6.07) is -0.248. The molecule has 0 aromatic carbocycles. The van der Waals surface area contributed by atoms with Gasteiger partial charge in [0.2, 0.25) is 0 Å². The van der Waals surface area contributed by atoms with Crippen molar-refractivity contribution in [1.29, 1.82) is 0 Å². The van der Waals surface area contributed by atoms with Crippen molar-refractivity contribution < 1.29 is 4.79 Å². The van der Waals surface area contributed by atoms with Crippen LogP contribution in [-0.2, 0) is 4.79 Å². The van der Waals surface area contributed by atoms with E-state index >= 15 is 0 Å². The minimum Gasteiger partial charge on any atom is -0.322 e. The topological polar surface area (TPSA) is 43.1 Å². The van der Waals surface area contributed by atoms with E-state index in [0.29, 0.717) is 5.92 Å². The summed E-state index contributed by atoms with van der Waals surface area (Å²) in [5.41, 5.74) is 5.67. The van der Waals surface area contributed by atoms with Gasteiger partial charge in [-0.3, -0.25) is 4.79 Å². The van der Waals surface area contributed by atoms with Crippen molar-refractivity contribution in [2.45, 2.75) is 53.0 Å². The van der Waals surface area contributed by atoms with E-state index in [-0.39, 0.29) is 11.8 Å². The molecule has 0 spiro atoms. The first-order valence-electron chi connectivity index (χ1n) is 5.19. The number of Topliss-reactive ketones (excluding diaryl/α,β-unsaturated/α-hetero) is 1. The Morgan fingerprint density at radius 3 is 2.15 bits per heavy atom. The maximum atomic E-state index is 10.9. The summed E-state index contributed by atoms with van der Waals surface area (Å²) in [5, 5.41) is 0. The molecule has 2 heteroatoms. The van der Waals surface area contributed by atoms with Crippen molar-refractivity contribution in [2.75, 3.05) is 0 Å². The van der Waals surface area contributed by atoms with Crippen molar-refractivity contribution in [2.24, 2.45) is 17.6 Å². The van der Waals surface area contributed by atoms with Gasteiger partial charge in [-0.1, -0.05) is 33.6 Å². The first-order valence-corrected chi connectivity index (χ1v) is 5.19. The van der Waals surface area contributed by atoms with Crippen LogP contribution in [0.5, 0.6) is 0 Å². The summed E-state index contributed by atoms with van der Waals surface area (Å²) in [5.74, 6) is 1.42. The first-order chi connectivity index (χ1) is 5.93. The van der Waals surface area contributed by atoms with Crippen LogP contribution in [0.4, 0.5) is 0 Å². The van der Waals surface area contributed by atoms with Gasteiger partial charge in [0.25, 0.3) is 0 Å². The Balaban J connectivity index is 3.61. The van der Waals surface area contributed by atoms with Gasteiger partial charge in [-0.2, -0.15) is 0 Å². The predicted octanol–water partition coefficient (Wildman–Crippen LogP) is 2.37. The molecular weight excluding hydrogens is 162 g/mol. The summed E-state index contributed by atoms with van der Waals surface area (Å²) >= 11 is 0. The van der Waals surface area contributed by atoms with E-state index in [1.807, 2.05) is 0 Å². The molecule has 78 valence electrons. The smallest absolute Gasteiger partial charge is 0.146 e. The largest absolute Gasteiger partial charge is 0.322 e. The predicted molar refractivity (Wildman–Crippen MR) is 56.5 cm³/mol.